The zero-order valence-electron chi connectivity index (χ0n) is 11.6. The molecule has 0 aromatic carbocycles. The van der Waals surface area contributed by atoms with Crippen LogP contribution in [0.25, 0.3) is 0 Å². The summed E-state index contributed by atoms with van der Waals surface area (Å²) in [7, 11) is 0. The van der Waals surface area contributed by atoms with Gasteiger partial charge in [-0.3, -0.25) is 14.3 Å². The maximum atomic E-state index is 12.0. The van der Waals surface area contributed by atoms with Crippen molar-refractivity contribution in [2.24, 2.45) is 0 Å². The van der Waals surface area contributed by atoms with Gasteiger partial charge in [0, 0.05) is 12.3 Å². The van der Waals surface area contributed by atoms with Crippen molar-refractivity contribution >= 4 is 0 Å². The van der Waals surface area contributed by atoms with Crippen molar-refractivity contribution in [2.75, 3.05) is 19.8 Å². The lowest BCUT2D eigenvalue weighted by Crippen LogP contribution is -2.54. The zero-order chi connectivity index (χ0) is 15.6. The highest BCUT2D eigenvalue weighted by atomic mass is 16.6. The van der Waals surface area contributed by atoms with Crippen LogP contribution in [0.15, 0.2) is 34.0 Å². The first-order chi connectivity index (χ1) is 9.90. The van der Waals surface area contributed by atoms with Crippen molar-refractivity contribution in [1.29, 1.82) is 0 Å². The summed E-state index contributed by atoms with van der Waals surface area (Å²) in [6.45, 7) is 4.96. The number of hydrogen-bond donors (Lipinski definition) is 3. The Kier molecular flexibility index (Phi) is 4.43. The first kappa shape index (κ1) is 15.6. The van der Waals surface area contributed by atoms with Crippen molar-refractivity contribution in [2.45, 2.75) is 24.9 Å². The molecule has 1 aliphatic heterocycles. The smallest absolute Gasteiger partial charge is 0.330 e. The second kappa shape index (κ2) is 5.94. The van der Waals surface area contributed by atoms with Crippen LogP contribution >= 0.6 is 0 Å². The molecule has 21 heavy (non-hydrogen) atoms. The topological polar surface area (TPSA) is 114 Å². The summed E-state index contributed by atoms with van der Waals surface area (Å²) in [5, 5.41) is 19.6. The molecule has 2 rings (SSSR count). The fourth-order valence-corrected chi connectivity index (χ4v) is 2.22. The molecule has 1 fully saturated rings. The van der Waals surface area contributed by atoms with Gasteiger partial charge in [0.15, 0.2) is 0 Å². The third-order valence-electron chi connectivity index (χ3n) is 3.30. The summed E-state index contributed by atoms with van der Waals surface area (Å²) >= 11 is 0. The van der Waals surface area contributed by atoms with Crippen molar-refractivity contribution in [3.63, 3.8) is 0 Å². The Hall–Kier alpha value is -1.74. The number of nitrogens with one attached hydrogen (secondary N) is 1. The van der Waals surface area contributed by atoms with E-state index in [9.17, 15) is 19.8 Å². The van der Waals surface area contributed by atoms with Crippen LogP contribution in [0.2, 0.25) is 0 Å². The molecule has 1 saturated heterocycles. The molecule has 0 amide bonds. The van der Waals surface area contributed by atoms with Gasteiger partial charge in [-0.1, -0.05) is 12.2 Å². The molecule has 0 aliphatic carbocycles. The molecule has 8 nitrogen and oxygen atoms in total. The fourth-order valence-electron chi connectivity index (χ4n) is 2.22. The van der Waals surface area contributed by atoms with Crippen molar-refractivity contribution in [3.8, 4) is 0 Å². The molecule has 116 valence electrons. The van der Waals surface area contributed by atoms with Gasteiger partial charge in [-0.15, -0.1) is 0 Å². The Morgan fingerprint density at radius 2 is 2.38 bits per heavy atom. The number of aliphatic hydroxyl groups excluding tert-OH is 2. The lowest BCUT2D eigenvalue weighted by Gasteiger charge is -2.33. The molecule has 2 heterocycles. The van der Waals surface area contributed by atoms with Gasteiger partial charge in [0.05, 0.1) is 19.8 Å². The first-order valence-electron chi connectivity index (χ1n) is 6.42. The van der Waals surface area contributed by atoms with Crippen LogP contribution in [0.1, 0.15) is 6.92 Å². The van der Waals surface area contributed by atoms with Gasteiger partial charge >= 0.3 is 5.69 Å². The van der Waals surface area contributed by atoms with Crippen LogP contribution in [0.4, 0.5) is 0 Å². The van der Waals surface area contributed by atoms with Crippen LogP contribution in [-0.2, 0) is 15.2 Å². The summed E-state index contributed by atoms with van der Waals surface area (Å²) in [6.07, 6.45) is -0.925. The molecule has 0 spiro atoms. The number of ether oxygens (including phenoxy) is 2. The normalized spacial score (nSPS) is 28.7. The molecule has 0 saturated carbocycles. The van der Waals surface area contributed by atoms with Crippen molar-refractivity contribution < 1.29 is 19.7 Å². The van der Waals surface area contributed by atoms with E-state index in [1.165, 1.54) is 6.20 Å². The Balaban J connectivity index is 2.48. The van der Waals surface area contributed by atoms with Gasteiger partial charge in [-0.25, -0.2) is 4.79 Å². The van der Waals surface area contributed by atoms with E-state index in [1.54, 1.807) is 6.92 Å². The van der Waals surface area contributed by atoms with Crippen LogP contribution in [0, 0.1) is 0 Å². The summed E-state index contributed by atoms with van der Waals surface area (Å²) in [4.78, 5) is 25.3. The Bertz CT molecular complexity index is 636. The Morgan fingerprint density at radius 3 is 2.90 bits per heavy atom. The predicted octanol–water partition coefficient (Wildman–Crippen LogP) is -1.47. The highest BCUT2D eigenvalue weighted by molar-refractivity contribution is 5.00. The van der Waals surface area contributed by atoms with Crippen LogP contribution in [-0.4, -0.2) is 51.8 Å². The van der Waals surface area contributed by atoms with E-state index in [-0.39, 0.29) is 13.2 Å². The summed E-state index contributed by atoms with van der Waals surface area (Å²) < 4.78 is 12.0. The number of aromatic amines is 1. The summed E-state index contributed by atoms with van der Waals surface area (Å²) in [5.74, 6) is 0. The monoisotopic (exact) mass is 298 g/mol. The SMILES string of the molecule is C=C(C)COC1(n2ccc(=O)[nH]c2=O)CO[C@H](CO)C1O. The van der Waals surface area contributed by atoms with Gasteiger partial charge in [0.1, 0.15) is 12.2 Å². The lowest BCUT2D eigenvalue weighted by molar-refractivity contribution is -0.156. The second-order valence-corrected chi connectivity index (χ2v) is 5.05. The van der Waals surface area contributed by atoms with Gasteiger partial charge in [0.2, 0.25) is 5.72 Å². The van der Waals surface area contributed by atoms with E-state index in [2.05, 4.69) is 11.6 Å². The van der Waals surface area contributed by atoms with Crippen LogP contribution < -0.4 is 11.2 Å². The van der Waals surface area contributed by atoms with E-state index < -0.39 is 35.8 Å². The van der Waals surface area contributed by atoms with Crippen molar-refractivity contribution in [3.05, 3.63) is 45.3 Å². The number of nitrogens with zero attached hydrogens (tertiary/aromatic N) is 1. The molecule has 2 unspecified atom stereocenters. The summed E-state index contributed by atoms with van der Waals surface area (Å²) in [6, 6.07) is 1.15. The van der Waals surface area contributed by atoms with E-state index in [1.807, 2.05) is 0 Å². The van der Waals surface area contributed by atoms with Crippen LogP contribution in [0.3, 0.4) is 0 Å². The maximum absolute atomic E-state index is 12.0. The van der Waals surface area contributed by atoms with Gasteiger partial charge in [-0.05, 0) is 6.92 Å². The fraction of sp³-hybridized carbons (Fsp3) is 0.538. The second-order valence-electron chi connectivity index (χ2n) is 5.05. The predicted molar refractivity (Wildman–Crippen MR) is 72.9 cm³/mol. The molecular formula is C13H18N2O6. The van der Waals surface area contributed by atoms with Gasteiger partial charge in [-0.2, -0.15) is 0 Å². The molecule has 1 aromatic heterocycles. The quantitative estimate of drug-likeness (QED) is 0.572. The van der Waals surface area contributed by atoms with Crippen molar-refractivity contribution in [1.82, 2.24) is 9.55 Å². The van der Waals surface area contributed by atoms with Gasteiger partial charge < -0.3 is 19.7 Å². The van der Waals surface area contributed by atoms with Crippen LogP contribution in [0.5, 0.6) is 0 Å². The minimum atomic E-state index is -1.52. The molecule has 8 heteroatoms. The zero-order valence-corrected chi connectivity index (χ0v) is 11.6. The minimum absolute atomic E-state index is 0.0874. The maximum Gasteiger partial charge on any atom is 0.330 e. The average Bonchev–Trinajstić information content (AvgIpc) is 2.74. The Labute approximate surface area is 120 Å². The van der Waals surface area contributed by atoms with E-state index in [0.29, 0.717) is 5.57 Å². The largest absolute Gasteiger partial charge is 0.394 e. The number of aliphatic hydroxyl groups is 2. The minimum Gasteiger partial charge on any atom is -0.394 e. The third-order valence-corrected chi connectivity index (χ3v) is 3.30. The average molecular weight is 298 g/mol. The molecule has 1 aliphatic rings. The number of hydrogen-bond acceptors (Lipinski definition) is 6. The number of H-pyrrole nitrogens is 1. The molecule has 0 radical (unpaired) electrons. The molecule has 1 aromatic rings. The number of aromatic nitrogens is 2. The van der Waals surface area contributed by atoms with E-state index in [0.717, 1.165) is 10.6 Å². The molecular weight excluding hydrogens is 280 g/mol. The van der Waals surface area contributed by atoms with E-state index in [4.69, 9.17) is 9.47 Å². The molecule has 3 atom stereocenters. The standard InChI is InChI=1S/C13H18N2O6/c1-8(2)6-21-13(7-20-9(5-16)11(13)18)15-4-3-10(17)14-12(15)19/h3-4,9,11,16,18H,1,5-7H2,2H3,(H,14,17,19)/t9-,11?,13?/m1/s1. The first-order valence-corrected chi connectivity index (χ1v) is 6.42. The van der Waals surface area contributed by atoms with Gasteiger partial charge in [0.25, 0.3) is 5.56 Å². The number of rotatable bonds is 5. The molecule has 3 N–H and O–H groups in total. The highest BCUT2D eigenvalue weighted by Gasteiger charge is 2.52. The Morgan fingerprint density at radius 1 is 1.67 bits per heavy atom. The van der Waals surface area contributed by atoms with E-state index >= 15 is 0 Å². The lowest BCUT2D eigenvalue weighted by atomic mass is 10.1. The third kappa shape index (κ3) is 2.84. The highest BCUT2D eigenvalue weighted by Crippen LogP contribution is 2.32. The molecule has 0 bridgehead atoms. The summed E-state index contributed by atoms with van der Waals surface area (Å²) in [5.41, 5.74) is -2.12.